The quantitative estimate of drug-likeness (QED) is 0.784. The first-order valence-electron chi connectivity index (χ1n) is 10.4. The Hall–Kier alpha value is -2.19. The van der Waals surface area contributed by atoms with Gasteiger partial charge in [-0.25, -0.2) is 8.42 Å². The summed E-state index contributed by atoms with van der Waals surface area (Å²) < 4.78 is 29.5. The van der Waals surface area contributed by atoms with Gasteiger partial charge >= 0.3 is 0 Å². The van der Waals surface area contributed by atoms with E-state index in [1.165, 1.54) is 4.68 Å². The minimum atomic E-state index is -3.62. The topological polar surface area (TPSA) is 84.3 Å². The number of nitrogens with zero attached hydrogens (tertiary/aromatic N) is 3. The van der Waals surface area contributed by atoms with Crippen molar-refractivity contribution in [1.82, 2.24) is 14.1 Å². The van der Waals surface area contributed by atoms with Crippen molar-refractivity contribution in [3.05, 3.63) is 40.2 Å². The number of aromatic nitrogens is 2. The molecule has 30 heavy (non-hydrogen) atoms. The van der Waals surface area contributed by atoms with Gasteiger partial charge in [0.2, 0.25) is 15.9 Å². The van der Waals surface area contributed by atoms with E-state index in [0.717, 1.165) is 35.2 Å². The lowest BCUT2D eigenvalue weighted by molar-refractivity contribution is -0.117. The maximum Gasteiger partial charge on any atom is 0.246 e. The van der Waals surface area contributed by atoms with E-state index >= 15 is 0 Å². The highest BCUT2D eigenvalue weighted by Gasteiger charge is 2.33. The number of benzene rings is 1. The van der Waals surface area contributed by atoms with E-state index < -0.39 is 10.0 Å². The average Bonchev–Trinajstić information content (AvgIpc) is 2.92. The number of sulfonamides is 1. The maximum atomic E-state index is 13.2. The number of amides is 1. The summed E-state index contributed by atoms with van der Waals surface area (Å²) in [7, 11) is -3.62. The SMILES string of the molecule is Cc1cc(C)c(NC(=O)Cn2nc(C)c(S(=O)(=O)N3CCC(C)CC3)c2C)c(C)c1. The number of carbonyl (C=O) groups excluding carboxylic acids is 1. The molecule has 1 saturated heterocycles. The molecule has 1 aromatic carbocycles. The molecule has 0 saturated carbocycles. The largest absolute Gasteiger partial charge is 0.324 e. The van der Waals surface area contributed by atoms with Crippen LogP contribution in [0.3, 0.4) is 0 Å². The fourth-order valence-corrected chi connectivity index (χ4v) is 6.10. The molecule has 0 radical (unpaired) electrons. The van der Waals surface area contributed by atoms with Crippen LogP contribution in [-0.4, -0.2) is 41.5 Å². The average molecular weight is 433 g/mol. The summed E-state index contributed by atoms with van der Waals surface area (Å²) in [5.41, 5.74) is 4.86. The minimum absolute atomic E-state index is 0.0357. The first-order valence-corrected chi connectivity index (χ1v) is 11.9. The van der Waals surface area contributed by atoms with Crippen molar-refractivity contribution in [2.75, 3.05) is 18.4 Å². The number of piperidine rings is 1. The second-order valence-corrected chi connectivity index (χ2v) is 10.4. The Morgan fingerprint density at radius 2 is 1.67 bits per heavy atom. The molecular formula is C22H32N4O3S. The molecule has 8 heteroatoms. The summed E-state index contributed by atoms with van der Waals surface area (Å²) in [5, 5.41) is 7.33. The second kappa shape index (κ2) is 8.51. The molecule has 0 unspecified atom stereocenters. The van der Waals surface area contributed by atoms with E-state index in [1.807, 2.05) is 32.9 Å². The van der Waals surface area contributed by atoms with Crippen molar-refractivity contribution in [2.45, 2.75) is 65.8 Å². The lowest BCUT2D eigenvalue weighted by atomic mass is 10.0. The van der Waals surface area contributed by atoms with Gasteiger partial charge in [-0.15, -0.1) is 0 Å². The standard InChI is InChI=1S/C22H32N4O3S/c1-14-7-9-25(10-8-14)30(28,29)22-18(5)24-26(19(22)6)13-20(27)23-21-16(3)11-15(2)12-17(21)4/h11-12,14H,7-10,13H2,1-6H3,(H,23,27). The van der Waals surface area contributed by atoms with Gasteiger partial charge in [0.1, 0.15) is 11.4 Å². The summed E-state index contributed by atoms with van der Waals surface area (Å²) in [6.45, 7) is 12.5. The van der Waals surface area contributed by atoms with Crippen LogP contribution < -0.4 is 5.32 Å². The number of hydrogen-bond donors (Lipinski definition) is 1. The van der Waals surface area contributed by atoms with Gasteiger partial charge in [-0.1, -0.05) is 24.6 Å². The van der Waals surface area contributed by atoms with Gasteiger partial charge in [0.15, 0.2) is 0 Å². The molecule has 1 fully saturated rings. The third-order valence-electron chi connectivity index (χ3n) is 5.89. The van der Waals surface area contributed by atoms with Crippen molar-refractivity contribution in [2.24, 2.45) is 5.92 Å². The number of hydrogen-bond acceptors (Lipinski definition) is 4. The van der Waals surface area contributed by atoms with E-state index in [0.29, 0.717) is 30.4 Å². The molecule has 1 aromatic heterocycles. The van der Waals surface area contributed by atoms with Gasteiger partial charge in [0, 0.05) is 18.8 Å². The molecule has 1 aliphatic rings. The van der Waals surface area contributed by atoms with Crippen molar-refractivity contribution < 1.29 is 13.2 Å². The van der Waals surface area contributed by atoms with Crippen LogP contribution in [-0.2, 0) is 21.4 Å². The highest BCUT2D eigenvalue weighted by Crippen LogP contribution is 2.28. The molecule has 1 N–H and O–H groups in total. The zero-order valence-corrected chi connectivity index (χ0v) is 19.6. The molecule has 0 spiro atoms. The van der Waals surface area contributed by atoms with E-state index in [9.17, 15) is 13.2 Å². The highest BCUT2D eigenvalue weighted by molar-refractivity contribution is 7.89. The Morgan fingerprint density at radius 3 is 2.23 bits per heavy atom. The lowest BCUT2D eigenvalue weighted by Crippen LogP contribution is -2.38. The zero-order chi connectivity index (χ0) is 22.2. The third-order valence-corrected chi connectivity index (χ3v) is 8.04. The van der Waals surface area contributed by atoms with Crippen LogP contribution >= 0.6 is 0 Å². The summed E-state index contributed by atoms with van der Waals surface area (Å²) in [6.07, 6.45) is 1.73. The molecule has 3 rings (SSSR count). The van der Waals surface area contributed by atoms with Crippen molar-refractivity contribution in [1.29, 1.82) is 0 Å². The van der Waals surface area contributed by atoms with Gasteiger partial charge in [-0.2, -0.15) is 9.40 Å². The number of aryl methyl sites for hydroxylation is 4. The molecule has 2 aromatic rings. The lowest BCUT2D eigenvalue weighted by Gasteiger charge is -2.29. The zero-order valence-electron chi connectivity index (χ0n) is 18.7. The molecule has 2 heterocycles. The van der Waals surface area contributed by atoms with E-state index in [4.69, 9.17) is 0 Å². The summed E-state index contributed by atoms with van der Waals surface area (Å²) in [6, 6.07) is 4.05. The van der Waals surface area contributed by atoms with Crippen LogP contribution in [0.1, 0.15) is 47.8 Å². The van der Waals surface area contributed by atoms with Crippen molar-refractivity contribution in [3.63, 3.8) is 0 Å². The van der Waals surface area contributed by atoms with Gasteiger partial charge in [-0.3, -0.25) is 9.48 Å². The molecule has 164 valence electrons. The Morgan fingerprint density at radius 1 is 1.10 bits per heavy atom. The molecule has 0 bridgehead atoms. The maximum absolute atomic E-state index is 13.2. The summed E-state index contributed by atoms with van der Waals surface area (Å²) in [4.78, 5) is 12.9. The van der Waals surface area contributed by atoms with Crippen LogP contribution in [0.4, 0.5) is 5.69 Å². The minimum Gasteiger partial charge on any atom is -0.324 e. The monoisotopic (exact) mass is 432 g/mol. The molecule has 1 aliphatic heterocycles. The van der Waals surface area contributed by atoms with Crippen LogP contribution in [0.5, 0.6) is 0 Å². The van der Waals surface area contributed by atoms with E-state index in [2.05, 4.69) is 17.3 Å². The van der Waals surface area contributed by atoms with Gasteiger partial charge in [-0.05, 0) is 64.5 Å². The van der Waals surface area contributed by atoms with Crippen molar-refractivity contribution in [3.8, 4) is 0 Å². The summed E-state index contributed by atoms with van der Waals surface area (Å²) >= 11 is 0. The summed E-state index contributed by atoms with van der Waals surface area (Å²) in [5.74, 6) is 0.310. The second-order valence-electron chi connectivity index (χ2n) is 8.57. The Labute approximate surface area is 179 Å². The highest BCUT2D eigenvalue weighted by atomic mass is 32.2. The fraction of sp³-hybridized carbons (Fsp3) is 0.545. The molecule has 1 amide bonds. The van der Waals surface area contributed by atoms with Gasteiger partial charge < -0.3 is 5.32 Å². The number of carbonyl (C=O) groups is 1. The normalized spacial score (nSPS) is 16.1. The fourth-order valence-electron chi connectivity index (χ4n) is 4.25. The number of anilines is 1. The molecule has 7 nitrogen and oxygen atoms in total. The Balaban J connectivity index is 1.81. The van der Waals surface area contributed by atoms with Crippen LogP contribution in [0.25, 0.3) is 0 Å². The predicted octanol–water partition coefficient (Wildman–Crippen LogP) is 3.48. The van der Waals surface area contributed by atoms with Crippen LogP contribution in [0.15, 0.2) is 17.0 Å². The van der Waals surface area contributed by atoms with Crippen LogP contribution in [0, 0.1) is 40.5 Å². The van der Waals surface area contributed by atoms with Crippen molar-refractivity contribution >= 4 is 21.6 Å². The van der Waals surface area contributed by atoms with Crippen LogP contribution in [0.2, 0.25) is 0 Å². The smallest absolute Gasteiger partial charge is 0.246 e. The first kappa shape index (κ1) is 22.5. The molecule has 0 aliphatic carbocycles. The van der Waals surface area contributed by atoms with E-state index in [-0.39, 0.29) is 17.3 Å². The predicted molar refractivity (Wildman–Crippen MR) is 118 cm³/mol. The van der Waals surface area contributed by atoms with Gasteiger partial charge in [0.05, 0.1) is 11.4 Å². The number of rotatable bonds is 5. The van der Waals surface area contributed by atoms with E-state index in [1.54, 1.807) is 18.2 Å². The molecule has 0 atom stereocenters. The Bertz CT molecular complexity index is 1040. The Kier molecular flexibility index (Phi) is 6.38. The third kappa shape index (κ3) is 4.44. The first-order chi connectivity index (χ1) is 14.0. The van der Waals surface area contributed by atoms with Gasteiger partial charge in [0.25, 0.3) is 0 Å². The molecular weight excluding hydrogens is 400 g/mol. The number of nitrogens with one attached hydrogen (secondary N) is 1.